The second-order valence-electron chi connectivity index (χ2n) is 3.77. The lowest BCUT2D eigenvalue weighted by Gasteiger charge is -2.07. The summed E-state index contributed by atoms with van der Waals surface area (Å²) in [6.45, 7) is 1.94. The maximum atomic E-state index is 11.4. The number of benzene rings is 1. The van der Waals surface area contributed by atoms with Crippen molar-refractivity contribution in [2.24, 2.45) is 0 Å². The molecular formula is C14H15N3OS. The Balaban J connectivity index is 1.97. The van der Waals surface area contributed by atoms with Gasteiger partial charge in [0.05, 0.1) is 11.9 Å². The van der Waals surface area contributed by atoms with Gasteiger partial charge in [0.2, 0.25) is 0 Å². The zero-order chi connectivity index (χ0) is 13.5. The largest absolute Gasteiger partial charge is 0.340 e. The zero-order valence-corrected chi connectivity index (χ0v) is 11.4. The fourth-order valence-corrected chi connectivity index (χ4v) is 1.95. The monoisotopic (exact) mass is 273 g/mol. The number of para-hydroxylation sites is 1. The maximum Gasteiger partial charge on any atom is 0.283 e. The van der Waals surface area contributed by atoms with Crippen molar-refractivity contribution in [1.82, 2.24) is 4.98 Å². The Morgan fingerprint density at radius 2 is 1.95 bits per heavy atom. The van der Waals surface area contributed by atoms with Crippen LogP contribution in [0.4, 0.5) is 22.0 Å². The van der Waals surface area contributed by atoms with Gasteiger partial charge in [-0.1, -0.05) is 36.9 Å². The van der Waals surface area contributed by atoms with E-state index in [4.69, 9.17) is 0 Å². The van der Waals surface area contributed by atoms with Crippen LogP contribution in [0.1, 0.15) is 6.92 Å². The van der Waals surface area contributed by atoms with Gasteiger partial charge in [-0.2, -0.15) is 0 Å². The minimum absolute atomic E-state index is 0.0620. The molecule has 0 fully saturated rings. The fourth-order valence-electron chi connectivity index (χ4n) is 1.50. The summed E-state index contributed by atoms with van der Waals surface area (Å²) in [5.41, 5.74) is 1.68. The molecule has 0 unspecified atom stereocenters. The number of rotatable bonds is 4. The molecule has 1 aromatic carbocycles. The Kier molecular flexibility index (Phi) is 4.80. The molecule has 0 radical (unpaired) electrons. The van der Waals surface area contributed by atoms with Gasteiger partial charge in [0.1, 0.15) is 5.82 Å². The van der Waals surface area contributed by atoms with Gasteiger partial charge in [-0.25, -0.2) is 4.98 Å². The third-order valence-corrected chi connectivity index (χ3v) is 2.98. The third-order valence-electron chi connectivity index (χ3n) is 2.33. The third kappa shape index (κ3) is 4.30. The van der Waals surface area contributed by atoms with Crippen molar-refractivity contribution in [3.63, 3.8) is 0 Å². The van der Waals surface area contributed by atoms with E-state index in [1.54, 1.807) is 6.20 Å². The Labute approximate surface area is 116 Å². The molecule has 0 aliphatic heterocycles. The summed E-state index contributed by atoms with van der Waals surface area (Å²) in [6, 6.07) is 13.5. The Hall–Kier alpha value is -2.01. The molecule has 5 heteroatoms. The van der Waals surface area contributed by atoms with Crippen molar-refractivity contribution in [3.8, 4) is 0 Å². The highest BCUT2D eigenvalue weighted by atomic mass is 32.2. The summed E-state index contributed by atoms with van der Waals surface area (Å²) in [5, 5.41) is 5.89. The number of hydrogen-bond acceptors (Lipinski definition) is 4. The predicted molar refractivity (Wildman–Crippen MR) is 81.1 cm³/mol. The zero-order valence-electron chi connectivity index (χ0n) is 10.6. The van der Waals surface area contributed by atoms with Gasteiger partial charge < -0.3 is 10.6 Å². The Morgan fingerprint density at radius 3 is 2.58 bits per heavy atom. The van der Waals surface area contributed by atoms with Crippen LogP contribution in [-0.4, -0.2) is 16.0 Å². The standard InChI is InChI=1S/C14H15N3OS/c1-2-19-14(18)17-12-8-9-13(15-10-12)16-11-6-4-3-5-7-11/h3-10H,2H2,1H3,(H,15,16)(H,17,18). The summed E-state index contributed by atoms with van der Waals surface area (Å²) >= 11 is 1.24. The normalized spacial score (nSPS) is 9.95. The molecule has 0 aliphatic rings. The summed E-state index contributed by atoms with van der Waals surface area (Å²) < 4.78 is 0. The summed E-state index contributed by atoms with van der Waals surface area (Å²) in [7, 11) is 0. The number of anilines is 3. The van der Waals surface area contributed by atoms with Gasteiger partial charge in [-0.15, -0.1) is 0 Å². The molecule has 0 saturated heterocycles. The van der Waals surface area contributed by atoms with Gasteiger partial charge >= 0.3 is 0 Å². The molecule has 2 aromatic rings. The molecule has 1 amide bonds. The molecule has 1 heterocycles. The number of nitrogens with one attached hydrogen (secondary N) is 2. The molecule has 98 valence electrons. The molecule has 0 aliphatic carbocycles. The smallest absolute Gasteiger partial charge is 0.283 e. The van der Waals surface area contributed by atoms with Crippen molar-refractivity contribution in [2.75, 3.05) is 16.4 Å². The van der Waals surface area contributed by atoms with Crippen LogP contribution >= 0.6 is 11.8 Å². The van der Waals surface area contributed by atoms with Crippen LogP contribution < -0.4 is 10.6 Å². The summed E-state index contributed by atoms with van der Waals surface area (Å²) in [6.07, 6.45) is 1.64. The van der Waals surface area contributed by atoms with E-state index in [9.17, 15) is 4.79 Å². The summed E-state index contributed by atoms with van der Waals surface area (Å²) in [4.78, 5) is 15.6. The molecule has 0 bridgehead atoms. The molecule has 2 rings (SSSR count). The van der Waals surface area contributed by atoms with Gasteiger partial charge in [-0.3, -0.25) is 4.79 Å². The summed E-state index contributed by atoms with van der Waals surface area (Å²) in [5.74, 6) is 1.50. The Morgan fingerprint density at radius 1 is 1.16 bits per heavy atom. The lowest BCUT2D eigenvalue weighted by atomic mass is 10.3. The van der Waals surface area contributed by atoms with Gasteiger partial charge in [-0.05, 0) is 30.0 Å². The highest BCUT2D eigenvalue weighted by Gasteiger charge is 2.02. The van der Waals surface area contributed by atoms with Crippen LogP contribution in [0.5, 0.6) is 0 Å². The van der Waals surface area contributed by atoms with E-state index >= 15 is 0 Å². The molecule has 1 aromatic heterocycles. The molecule has 0 spiro atoms. The number of pyridine rings is 1. The number of carbonyl (C=O) groups excluding carboxylic acids is 1. The first-order valence-electron chi connectivity index (χ1n) is 6.00. The number of carbonyl (C=O) groups is 1. The van der Waals surface area contributed by atoms with Crippen LogP contribution in [-0.2, 0) is 0 Å². The molecule has 0 atom stereocenters. The quantitative estimate of drug-likeness (QED) is 0.880. The number of thioether (sulfide) groups is 1. The van der Waals surface area contributed by atoms with E-state index in [1.165, 1.54) is 11.8 Å². The molecule has 4 nitrogen and oxygen atoms in total. The van der Waals surface area contributed by atoms with E-state index in [1.807, 2.05) is 49.4 Å². The number of amides is 1. The first-order chi connectivity index (χ1) is 9.28. The van der Waals surface area contributed by atoms with Crippen molar-refractivity contribution in [1.29, 1.82) is 0 Å². The lowest BCUT2D eigenvalue weighted by Crippen LogP contribution is -2.05. The van der Waals surface area contributed by atoms with E-state index in [0.717, 1.165) is 17.3 Å². The molecule has 19 heavy (non-hydrogen) atoms. The molecule has 2 N–H and O–H groups in total. The van der Waals surface area contributed by atoms with E-state index in [0.29, 0.717) is 5.69 Å². The average molecular weight is 273 g/mol. The van der Waals surface area contributed by atoms with Crippen LogP contribution in [0.3, 0.4) is 0 Å². The Bertz CT molecular complexity index is 528. The van der Waals surface area contributed by atoms with Crippen molar-refractivity contribution in [2.45, 2.75) is 6.92 Å². The predicted octanol–water partition coefficient (Wildman–Crippen LogP) is 4.11. The van der Waals surface area contributed by atoms with Crippen LogP contribution in [0.2, 0.25) is 0 Å². The van der Waals surface area contributed by atoms with Gasteiger partial charge in [0.25, 0.3) is 5.24 Å². The number of hydrogen-bond donors (Lipinski definition) is 2. The fraction of sp³-hybridized carbons (Fsp3) is 0.143. The van der Waals surface area contributed by atoms with Crippen molar-refractivity contribution in [3.05, 3.63) is 48.7 Å². The average Bonchev–Trinajstić information content (AvgIpc) is 2.42. The highest BCUT2D eigenvalue weighted by molar-refractivity contribution is 8.13. The maximum absolute atomic E-state index is 11.4. The van der Waals surface area contributed by atoms with Crippen LogP contribution in [0.25, 0.3) is 0 Å². The minimum atomic E-state index is -0.0620. The number of nitrogens with zero attached hydrogens (tertiary/aromatic N) is 1. The van der Waals surface area contributed by atoms with E-state index < -0.39 is 0 Å². The lowest BCUT2D eigenvalue weighted by molar-refractivity contribution is 0.270. The second-order valence-corrected chi connectivity index (χ2v) is 5.01. The molecular weight excluding hydrogens is 258 g/mol. The topological polar surface area (TPSA) is 54.0 Å². The van der Waals surface area contributed by atoms with Crippen LogP contribution in [0, 0.1) is 0 Å². The first kappa shape index (κ1) is 13.4. The van der Waals surface area contributed by atoms with E-state index in [-0.39, 0.29) is 5.24 Å². The first-order valence-corrected chi connectivity index (χ1v) is 6.98. The van der Waals surface area contributed by atoms with Gasteiger partial charge in [0.15, 0.2) is 0 Å². The highest BCUT2D eigenvalue weighted by Crippen LogP contribution is 2.16. The van der Waals surface area contributed by atoms with Crippen LogP contribution in [0.15, 0.2) is 48.7 Å². The van der Waals surface area contributed by atoms with E-state index in [2.05, 4.69) is 15.6 Å². The minimum Gasteiger partial charge on any atom is -0.340 e. The van der Waals surface area contributed by atoms with Crippen molar-refractivity contribution >= 4 is 34.2 Å². The number of aromatic nitrogens is 1. The van der Waals surface area contributed by atoms with Crippen molar-refractivity contribution < 1.29 is 4.79 Å². The molecule has 0 saturated carbocycles. The second kappa shape index (κ2) is 6.80. The van der Waals surface area contributed by atoms with Gasteiger partial charge in [0, 0.05) is 5.69 Å². The SMILES string of the molecule is CCSC(=O)Nc1ccc(Nc2ccccc2)nc1.